The molecule has 0 spiro atoms. The monoisotopic (exact) mass is 540 g/mol. The smallest absolute Gasteiger partial charge is 0.379 e. The molecule has 4 aromatic rings. The molecule has 1 atom stereocenters. The van der Waals surface area contributed by atoms with Crippen molar-refractivity contribution in [3.05, 3.63) is 87.5 Å². The molecule has 1 aromatic heterocycles. The summed E-state index contributed by atoms with van der Waals surface area (Å²) in [6.45, 7) is 5.76. The fraction of sp³-hybridized carbons (Fsp3) is 0.226. The molecule has 2 N–H and O–H groups in total. The maximum atomic E-state index is 13.1. The van der Waals surface area contributed by atoms with Gasteiger partial charge in [-0.2, -0.15) is 5.26 Å². The van der Waals surface area contributed by atoms with Crippen molar-refractivity contribution in [2.45, 2.75) is 26.7 Å². The lowest BCUT2D eigenvalue weighted by Crippen LogP contribution is -2.21. The van der Waals surface area contributed by atoms with Crippen LogP contribution < -0.4 is 29.4 Å². The Morgan fingerprint density at radius 3 is 2.27 bits per heavy atom. The van der Waals surface area contributed by atoms with Gasteiger partial charge in [0.05, 0.1) is 27.2 Å². The van der Waals surface area contributed by atoms with E-state index in [0.717, 1.165) is 16.5 Å². The lowest BCUT2D eigenvalue weighted by Gasteiger charge is -2.27. The highest BCUT2D eigenvalue weighted by atomic mass is 16.6. The van der Waals surface area contributed by atoms with Crippen molar-refractivity contribution in [1.29, 1.82) is 5.26 Å². The van der Waals surface area contributed by atoms with E-state index in [1.54, 1.807) is 30.3 Å². The zero-order valence-electron chi connectivity index (χ0n) is 23.0. The summed E-state index contributed by atoms with van der Waals surface area (Å²) in [5, 5.41) is 10.8. The minimum absolute atomic E-state index is 0.0591. The van der Waals surface area contributed by atoms with E-state index in [2.05, 4.69) is 6.07 Å². The van der Waals surface area contributed by atoms with Crippen LogP contribution in [0.2, 0.25) is 0 Å². The van der Waals surface area contributed by atoms with Crippen LogP contribution in [-0.2, 0) is 0 Å². The van der Waals surface area contributed by atoms with Crippen LogP contribution >= 0.6 is 0 Å². The van der Waals surface area contributed by atoms with Crippen LogP contribution in [0.15, 0.2) is 58.3 Å². The van der Waals surface area contributed by atoms with Crippen LogP contribution in [0.3, 0.4) is 0 Å². The maximum absolute atomic E-state index is 13.1. The fourth-order valence-corrected chi connectivity index (χ4v) is 4.98. The van der Waals surface area contributed by atoms with Gasteiger partial charge in [-0.15, -0.1) is 0 Å². The molecule has 0 fully saturated rings. The number of carbonyl (C=O) groups excluding carboxylic acids is 1. The molecule has 9 heteroatoms. The standard InChI is InChI=1S/C31H28N2O7/c1-15-7-9-20-17(3)28(40-27(20)16(15)2)31(34)38-19-8-10-21-23(13-19)39-30(33)22(14-32)26(21)18-11-24(35-4)29(37-6)25(12-18)36-5/h7-13,26H,33H2,1-6H3. The van der Waals surface area contributed by atoms with Crippen molar-refractivity contribution in [1.82, 2.24) is 0 Å². The summed E-state index contributed by atoms with van der Waals surface area (Å²) in [5.41, 5.74) is 11.1. The molecule has 1 aliphatic heterocycles. The predicted octanol–water partition coefficient (Wildman–Crippen LogP) is 5.82. The van der Waals surface area contributed by atoms with Crippen molar-refractivity contribution in [3.63, 3.8) is 0 Å². The van der Waals surface area contributed by atoms with Gasteiger partial charge in [-0.25, -0.2) is 4.79 Å². The van der Waals surface area contributed by atoms with Gasteiger partial charge in [0.1, 0.15) is 28.7 Å². The predicted molar refractivity (Wildman–Crippen MR) is 147 cm³/mol. The number of carbonyl (C=O) groups is 1. The van der Waals surface area contributed by atoms with Gasteiger partial charge in [-0.3, -0.25) is 0 Å². The second-order valence-electron chi connectivity index (χ2n) is 9.41. The summed E-state index contributed by atoms with van der Waals surface area (Å²) in [6.07, 6.45) is 0. The lowest BCUT2D eigenvalue weighted by atomic mass is 9.83. The highest BCUT2D eigenvalue weighted by molar-refractivity contribution is 5.98. The van der Waals surface area contributed by atoms with Crippen LogP contribution in [-0.4, -0.2) is 27.3 Å². The molecule has 204 valence electrons. The number of benzene rings is 3. The summed E-state index contributed by atoms with van der Waals surface area (Å²) in [6, 6.07) is 14.5. The van der Waals surface area contributed by atoms with Crippen LogP contribution in [0, 0.1) is 32.1 Å². The average Bonchev–Trinajstić information content (AvgIpc) is 3.30. The van der Waals surface area contributed by atoms with E-state index in [9.17, 15) is 10.1 Å². The minimum Gasteiger partial charge on any atom is -0.493 e. The number of hydrogen-bond donors (Lipinski definition) is 1. The number of allylic oxidation sites excluding steroid dienone is 1. The minimum atomic E-state index is -0.635. The van der Waals surface area contributed by atoms with Crippen LogP contribution in [0.4, 0.5) is 0 Å². The van der Waals surface area contributed by atoms with E-state index in [0.29, 0.717) is 45.3 Å². The Bertz CT molecular complexity index is 1720. The van der Waals surface area contributed by atoms with Gasteiger partial charge in [-0.1, -0.05) is 18.2 Å². The topological polar surface area (TPSA) is 126 Å². The number of nitriles is 1. The number of methoxy groups -OCH3 is 3. The first-order chi connectivity index (χ1) is 19.2. The third kappa shape index (κ3) is 4.24. The third-order valence-corrected chi connectivity index (χ3v) is 7.23. The second kappa shape index (κ2) is 10.2. The molecule has 0 saturated heterocycles. The normalized spacial score (nSPS) is 14.3. The van der Waals surface area contributed by atoms with Gasteiger partial charge in [0.2, 0.25) is 17.4 Å². The average molecular weight is 541 g/mol. The number of esters is 1. The van der Waals surface area contributed by atoms with Crippen LogP contribution in [0.25, 0.3) is 11.0 Å². The van der Waals surface area contributed by atoms with Crippen LogP contribution in [0.1, 0.15) is 44.3 Å². The molecule has 0 radical (unpaired) electrons. The number of nitrogens with zero attached hydrogens (tertiary/aromatic N) is 1. The molecule has 1 unspecified atom stereocenters. The third-order valence-electron chi connectivity index (χ3n) is 7.23. The first-order valence-corrected chi connectivity index (χ1v) is 12.4. The Morgan fingerprint density at radius 2 is 1.65 bits per heavy atom. The molecule has 0 saturated carbocycles. The molecule has 3 aromatic carbocycles. The second-order valence-corrected chi connectivity index (χ2v) is 9.41. The summed E-state index contributed by atoms with van der Waals surface area (Å²) >= 11 is 0. The largest absolute Gasteiger partial charge is 0.493 e. The van der Waals surface area contributed by atoms with Crippen molar-refractivity contribution in [3.8, 4) is 34.8 Å². The van der Waals surface area contributed by atoms with Gasteiger partial charge in [-0.05, 0) is 55.7 Å². The SMILES string of the molecule is COc1cc(C2C(C#N)=C(N)Oc3cc(OC(=O)c4oc5c(C)c(C)ccc5c4C)ccc32)cc(OC)c1OC. The van der Waals surface area contributed by atoms with Gasteiger partial charge >= 0.3 is 5.97 Å². The molecule has 9 nitrogen and oxygen atoms in total. The Hall–Kier alpha value is -5.10. The van der Waals surface area contributed by atoms with E-state index in [1.165, 1.54) is 21.3 Å². The Kier molecular flexibility index (Phi) is 6.78. The van der Waals surface area contributed by atoms with Crippen molar-refractivity contribution in [2.75, 3.05) is 21.3 Å². The van der Waals surface area contributed by atoms with Gasteiger partial charge in [0.15, 0.2) is 11.5 Å². The Balaban J connectivity index is 1.53. The Labute approximate surface area is 231 Å². The summed E-state index contributed by atoms with van der Waals surface area (Å²) < 4.78 is 33.9. The van der Waals surface area contributed by atoms with Crippen molar-refractivity contribution in [2.24, 2.45) is 5.73 Å². The lowest BCUT2D eigenvalue weighted by molar-refractivity contribution is 0.0702. The van der Waals surface area contributed by atoms with E-state index >= 15 is 0 Å². The number of nitrogens with two attached hydrogens (primary N) is 1. The molecule has 0 bridgehead atoms. The van der Waals surface area contributed by atoms with Gasteiger partial charge < -0.3 is 33.8 Å². The quantitative estimate of drug-likeness (QED) is 0.238. The number of aryl methyl sites for hydroxylation is 3. The van der Waals surface area contributed by atoms with Crippen molar-refractivity contribution >= 4 is 16.9 Å². The maximum Gasteiger partial charge on any atom is 0.379 e. The van der Waals surface area contributed by atoms with Gasteiger partial charge in [0, 0.05) is 22.6 Å². The highest BCUT2D eigenvalue weighted by Gasteiger charge is 2.33. The first-order valence-electron chi connectivity index (χ1n) is 12.4. The molecule has 0 amide bonds. The molecule has 1 aliphatic rings. The van der Waals surface area contributed by atoms with E-state index in [1.807, 2.05) is 32.9 Å². The van der Waals surface area contributed by atoms with E-state index in [-0.39, 0.29) is 23.0 Å². The van der Waals surface area contributed by atoms with Crippen molar-refractivity contribution < 1.29 is 32.9 Å². The Morgan fingerprint density at radius 1 is 0.950 bits per heavy atom. The number of fused-ring (bicyclic) bond motifs is 2. The highest BCUT2D eigenvalue weighted by Crippen LogP contribution is 2.47. The molecular weight excluding hydrogens is 512 g/mol. The van der Waals surface area contributed by atoms with E-state index < -0.39 is 11.9 Å². The number of furan rings is 1. The zero-order valence-corrected chi connectivity index (χ0v) is 23.0. The summed E-state index contributed by atoms with van der Waals surface area (Å²) in [7, 11) is 4.54. The van der Waals surface area contributed by atoms with Gasteiger partial charge in [0.25, 0.3) is 0 Å². The van der Waals surface area contributed by atoms with E-state index in [4.69, 9.17) is 33.8 Å². The molecule has 40 heavy (non-hydrogen) atoms. The number of hydrogen-bond acceptors (Lipinski definition) is 9. The summed E-state index contributed by atoms with van der Waals surface area (Å²) in [5.74, 6) is 0.683. The molecule has 5 rings (SSSR count). The van der Waals surface area contributed by atoms with Crippen LogP contribution in [0.5, 0.6) is 28.7 Å². The molecular formula is C31H28N2O7. The number of rotatable bonds is 6. The molecule has 2 heterocycles. The fourth-order valence-electron chi connectivity index (χ4n) is 4.98. The number of ether oxygens (including phenoxy) is 5. The molecule has 0 aliphatic carbocycles. The summed E-state index contributed by atoms with van der Waals surface area (Å²) in [4.78, 5) is 13.1. The zero-order chi connectivity index (χ0) is 28.7. The first kappa shape index (κ1) is 26.5.